The summed E-state index contributed by atoms with van der Waals surface area (Å²) in [5.74, 6) is -2.07. The van der Waals surface area contributed by atoms with Gasteiger partial charge in [-0.1, -0.05) is 61.9 Å². The van der Waals surface area contributed by atoms with Crippen LogP contribution in [0.15, 0.2) is 48.5 Å². The summed E-state index contributed by atoms with van der Waals surface area (Å²) in [6.45, 7) is 3.75. The lowest BCUT2D eigenvalue weighted by molar-refractivity contribution is -0.141. The van der Waals surface area contributed by atoms with Crippen LogP contribution in [0, 0.1) is 5.92 Å². The summed E-state index contributed by atoms with van der Waals surface area (Å²) >= 11 is 0. The van der Waals surface area contributed by atoms with Gasteiger partial charge in [0, 0.05) is 25.6 Å². The molecule has 0 spiro atoms. The second-order valence-electron chi connectivity index (χ2n) is 9.49. The summed E-state index contributed by atoms with van der Waals surface area (Å²) < 4.78 is 5.75. The number of nitrogens with one attached hydrogen (secondary N) is 2. The van der Waals surface area contributed by atoms with E-state index in [0.717, 1.165) is 41.6 Å². The maximum atomic E-state index is 13.0. The van der Waals surface area contributed by atoms with Gasteiger partial charge in [0.2, 0.25) is 5.91 Å². The number of benzene rings is 2. The van der Waals surface area contributed by atoms with E-state index in [1.807, 2.05) is 24.3 Å². The first-order chi connectivity index (χ1) is 17.5. The van der Waals surface area contributed by atoms with Crippen LogP contribution in [0.2, 0.25) is 0 Å². The Hall–Kier alpha value is -3.39. The molecule has 0 saturated carbocycles. The molecule has 2 atom stereocenters. The molecule has 1 fully saturated rings. The Morgan fingerprint density at radius 1 is 1.06 bits per heavy atom. The highest BCUT2D eigenvalue weighted by Crippen LogP contribution is 2.44. The first-order valence-corrected chi connectivity index (χ1v) is 12.8. The SMILES string of the molecule is CCCCNCC(CNC(=O)[C@@H]1CCCN1C(=O)OCC1c2ccccc2-c2ccccc21)C(=O)O. The van der Waals surface area contributed by atoms with Crippen molar-refractivity contribution in [3.8, 4) is 11.1 Å². The molecule has 1 unspecified atom stereocenters. The number of ether oxygens (including phenoxy) is 1. The van der Waals surface area contributed by atoms with Gasteiger partial charge in [0.15, 0.2) is 0 Å². The van der Waals surface area contributed by atoms with E-state index in [9.17, 15) is 19.5 Å². The van der Waals surface area contributed by atoms with Crippen molar-refractivity contribution in [2.45, 2.75) is 44.6 Å². The molecule has 2 amide bonds. The van der Waals surface area contributed by atoms with E-state index in [0.29, 0.717) is 19.4 Å². The van der Waals surface area contributed by atoms with Crippen molar-refractivity contribution >= 4 is 18.0 Å². The Morgan fingerprint density at radius 3 is 2.36 bits per heavy atom. The fraction of sp³-hybridized carbons (Fsp3) is 0.464. The molecule has 0 bridgehead atoms. The van der Waals surface area contributed by atoms with E-state index in [-0.39, 0.29) is 31.5 Å². The van der Waals surface area contributed by atoms with Crippen molar-refractivity contribution in [2.24, 2.45) is 5.92 Å². The Bertz CT molecular complexity index is 1040. The van der Waals surface area contributed by atoms with Crippen molar-refractivity contribution in [1.82, 2.24) is 15.5 Å². The maximum absolute atomic E-state index is 13.0. The van der Waals surface area contributed by atoms with Gasteiger partial charge in [-0.05, 0) is 48.1 Å². The van der Waals surface area contributed by atoms with Crippen LogP contribution in [-0.4, -0.2) is 66.8 Å². The summed E-state index contributed by atoms with van der Waals surface area (Å²) in [6.07, 6.45) is 2.71. The number of fused-ring (bicyclic) bond motifs is 3. The Kier molecular flexibility index (Phi) is 8.59. The van der Waals surface area contributed by atoms with Crippen LogP contribution in [0.4, 0.5) is 4.79 Å². The number of hydrogen-bond donors (Lipinski definition) is 3. The number of hydrogen-bond acceptors (Lipinski definition) is 5. The molecule has 1 aliphatic carbocycles. The van der Waals surface area contributed by atoms with Crippen LogP contribution in [0.3, 0.4) is 0 Å². The number of rotatable bonds is 11. The van der Waals surface area contributed by atoms with E-state index in [1.165, 1.54) is 4.90 Å². The number of unbranched alkanes of at least 4 members (excludes halogenated alkanes) is 1. The van der Waals surface area contributed by atoms with Gasteiger partial charge in [-0.3, -0.25) is 14.5 Å². The van der Waals surface area contributed by atoms with Gasteiger partial charge in [0.05, 0.1) is 5.92 Å². The van der Waals surface area contributed by atoms with E-state index in [4.69, 9.17) is 4.74 Å². The third kappa shape index (κ3) is 5.70. The molecule has 8 nitrogen and oxygen atoms in total. The van der Waals surface area contributed by atoms with Crippen molar-refractivity contribution in [3.05, 3.63) is 59.7 Å². The highest BCUT2D eigenvalue weighted by atomic mass is 16.6. The molecule has 192 valence electrons. The fourth-order valence-corrected chi connectivity index (χ4v) is 5.10. The number of carboxylic acids is 1. The molecule has 2 aromatic carbocycles. The number of carbonyl (C=O) groups is 3. The minimum Gasteiger partial charge on any atom is -0.481 e. The summed E-state index contributed by atoms with van der Waals surface area (Å²) in [4.78, 5) is 38.9. The molecule has 8 heteroatoms. The Balaban J connectivity index is 1.33. The van der Waals surface area contributed by atoms with Crippen molar-refractivity contribution < 1.29 is 24.2 Å². The number of carboxylic acid groups (broad SMARTS) is 1. The molecule has 0 radical (unpaired) electrons. The van der Waals surface area contributed by atoms with Crippen molar-refractivity contribution in [2.75, 3.05) is 32.8 Å². The van der Waals surface area contributed by atoms with Gasteiger partial charge in [0.1, 0.15) is 12.6 Å². The van der Waals surface area contributed by atoms with Crippen LogP contribution < -0.4 is 10.6 Å². The smallest absolute Gasteiger partial charge is 0.410 e. The summed E-state index contributed by atoms with van der Waals surface area (Å²) in [7, 11) is 0. The van der Waals surface area contributed by atoms with Crippen LogP contribution >= 0.6 is 0 Å². The zero-order valence-electron chi connectivity index (χ0n) is 20.7. The molecule has 36 heavy (non-hydrogen) atoms. The average molecular weight is 494 g/mol. The highest BCUT2D eigenvalue weighted by Gasteiger charge is 2.37. The first kappa shape index (κ1) is 25.7. The lowest BCUT2D eigenvalue weighted by Crippen LogP contribution is -2.48. The molecule has 4 rings (SSSR count). The Morgan fingerprint density at radius 2 is 1.72 bits per heavy atom. The molecule has 3 N–H and O–H groups in total. The van der Waals surface area contributed by atoms with Crippen molar-refractivity contribution in [3.63, 3.8) is 0 Å². The highest BCUT2D eigenvalue weighted by molar-refractivity contribution is 5.86. The third-order valence-electron chi connectivity index (χ3n) is 7.10. The van der Waals surface area contributed by atoms with Crippen LogP contribution in [0.1, 0.15) is 49.7 Å². The summed E-state index contributed by atoms with van der Waals surface area (Å²) in [6, 6.07) is 15.6. The number of nitrogens with zero attached hydrogens (tertiary/aromatic N) is 1. The van der Waals surface area contributed by atoms with Crippen LogP contribution in [0.25, 0.3) is 11.1 Å². The minimum atomic E-state index is -0.959. The fourth-order valence-electron chi connectivity index (χ4n) is 5.10. The van der Waals surface area contributed by atoms with Gasteiger partial charge < -0.3 is 20.5 Å². The van der Waals surface area contributed by atoms with Gasteiger partial charge in [0.25, 0.3) is 0 Å². The second-order valence-corrected chi connectivity index (χ2v) is 9.49. The molecule has 0 aromatic heterocycles. The third-order valence-corrected chi connectivity index (χ3v) is 7.10. The minimum absolute atomic E-state index is 0.0162. The molecule has 1 saturated heterocycles. The molecule has 1 heterocycles. The first-order valence-electron chi connectivity index (χ1n) is 12.8. The van der Waals surface area contributed by atoms with E-state index < -0.39 is 24.0 Å². The normalized spacial score (nSPS) is 17.4. The van der Waals surface area contributed by atoms with E-state index in [2.05, 4.69) is 41.8 Å². The standard InChI is InChI=1S/C28H35N3O5/c1-2-3-14-29-16-19(27(33)34)17-30-26(32)25-13-8-15-31(25)28(35)36-18-24-22-11-6-4-9-20(22)21-10-5-7-12-23(21)24/h4-7,9-12,19,24-25,29H,2-3,8,13-18H2,1H3,(H,30,32)(H,33,34)/t19?,25-/m0/s1. The van der Waals surface area contributed by atoms with Crippen LogP contribution in [0.5, 0.6) is 0 Å². The number of carbonyl (C=O) groups excluding carboxylic acids is 2. The van der Waals surface area contributed by atoms with Crippen molar-refractivity contribution in [1.29, 1.82) is 0 Å². The lowest BCUT2D eigenvalue weighted by Gasteiger charge is -2.25. The lowest BCUT2D eigenvalue weighted by atomic mass is 9.98. The number of aliphatic carboxylic acids is 1. The number of likely N-dealkylation sites (tertiary alicyclic amines) is 1. The summed E-state index contributed by atoms with van der Waals surface area (Å²) in [5.41, 5.74) is 4.58. The van der Waals surface area contributed by atoms with Gasteiger partial charge in [-0.2, -0.15) is 0 Å². The van der Waals surface area contributed by atoms with Crippen LogP contribution in [-0.2, 0) is 14.3 Å². The second kappa shape index (κ2) is 12.0. The maximum Gasteiger partial charge on any atom is 0.410 e. The zero-order valence-corrected chi connectivity index (χ0v) is 20.7. The quantitative estimate of drug-likeness (QED) is 0.413. The van der Waals surface area contributed by atoms with E-state index >= 15 is 0 Å². The average Bonchev–Trinajstić information content (AvgIpc) is 3.50. The van der Waals surface area contributed by atoms with E-state index in [1.54, 1.807) is 0 Å². The zero-order chi connectivity index (χ0) is 25.5. The predicted octanol–water partition coefficient (Wildman–Crippen LogP) is 3.61. The van der Waals surface area contributed by atoms with Gasteiger partial charge >= 0.3 is 12.1 Å². The molecule has 2 aromatic rings. The van der Waals surface area contributed by atoms with Gasteiger partial charge in [-0.15, -0.1) is 0 Å². The summed E-state index contributed by atoms with van der Waals surface area (Å²) in [5, 5.41) is 15.4. The molecular weight excluding hydrogens is 458 g/mol. The largest absolute Gasteiger partial charge is 0.481 e. The molecular formula is C28H35N3O5. The number of amides is 2. The molecule has 1 aliphatic heterocycles. The van der Waals surface area contributed by atoms with Gasteiger partial charge in [-0.25, -0.2) is 4.79 Å². The predicted molar refractivity (Wildman–Crippen MR) is 137 cm³/mol. The Labute approximate surface area is 212 Å². The topological polar surface area (TPSA) is 108 Å². The monoisotopic (exact) mass is 493 g/mol. The molecule has 2 aliphatic rings.